The van der Waals surface area contributed by atoms with Gasteiger partial charge in [0, 0.05) is 6.42 Å². The lowest BCUT2D eigenvalue weighted by atomic mass is 10.0. The summed E-state index contributed by atoms with van der Waals surface area (Å²) in [6.45, 7) is 4.79. The average Bonchev–Trinajstić information content (AvgIpc) is 3.13. The Morgan fingerprint density at radius 1 is 0.600 bits per heavy atom. The molecule has 0 heterocycles. The SMILES string of the molecule is CCCCCCCCCCCCC/C=C/[C@H](O)[C@@H](COP(=O)(O)OCC[N+](C)(C)C)NC(=O)CC/C=C\CCCCCCCCCCCCCCCCCC. The van der Waals surface area contributed by atoms with Crippen molar-refractivity contribution >= 4 is 13.7 Å². The molecule has 1 amide bonds. The third-order valence-electron chi connectivity index (χ3n) is 10.4. The van der Waals surface area contributed by atoms with Crippen molar-refractivity contribution in [3.63, 3.8) is 0 Å². The molecule has 3 atom stereocenters. The molecule has 0 rings (SSSR count). The van der Waals surface area contributed by atoms with Gasteiger partial charge >= 0.3 is 7.82 Å². The third-order valence-corrected chi connectivity index (χ3v) is 11.4. The second-order valence-corrected chi connectivity index (χ2v) is 18.6. The molecule has 1 unspecified atom stereocenters. The maximum atomic E-state index is 12.8. The Hall–Kier alpha value is -1.02. The average molecular weight is 800 g/mol. The quantitative estimate of drug-likeness (QED) is 0.0246. The molecule has 9 heteroatoms. The zero-order valence-electron chi connectivity index (χ0n) is 36.9. The van der Waals surface area contributed by atoms with Crippen molar-refractivity contribution in [3.8, 4) is 0 Å². The van der Waals surface area contributed by atoms with E-state index >= 15 is 0 Å². The summed E-state index contributed by atoms with van der Waals surface area (Å²) in [5.74, 6) is -0.225. The van der Waals surface area contributed by atoms with Crippen LogP contribution in [0.5, 0.6) is 0 Å². The predicted molar refractivity (Wildman–Crippen MR) is 235 cm³/mol. The highest BCUT2D eigenvalue weighted by atomic mass is 31.2. The smallest absolute Gasteiger partial charge is 0.387 e. The number of likely N-dealkylation sites (N-methyl/N-ethyl adjacent to an activating group) is 1. The number of amides is 1. The summed E-state index contributed by atoms with van der Waals surface area (Å²) < 4.78 is 23.5. The molecular formula is C46H92N2O6P+. The fourth-order valence-electron chi connectivity index (χ4n) is 6.70. The molecule has 0 aliphatic rings. The number of carbonyl (C=O) groups is 1. The number of phosphoric acid groups is 1. The molecule has 0 fully saturated rings. The van der Waals surface area contributed by atoms with Gasteiger partial charge in [0.05, 0.1) is 39.9 Å². The van der Waals surface area contributed by atoms with Crippen molar-refractivity contribution in [1.29, 1.82) is 0 Å². The Morgan fingerprint density at radius 2 is 0.982 bits per heavy atom. The molecule has 0 aromatic carbocycles. The predicted octanol–water partition coefficient (Wildman–Crippen LogP) is 12.9. The summed E-state index contributed by atoms with van der Waals surface area (Å²) in [5.41, 5.74) is 0. The van der Waals surface area contributed by atoms with E-state index in [0.717, 1.165) is 25.7 Å². The number of hydrogen-bond donors (Lipinski definition) is 3. The molecule has 55 heavy (non-hydrogen) atoms. The second kappa shape index (κ2) is 38.5. The molecule has 0 saturated heterocycles. The van der Waals surface area contributed by atoms with Crippen LogP contribution in [-0.4, -0.2) is 73.4 Å². The summed E-state index contributed by atoms with van der Waals surface area (Å²) in [6, 6.07) is -0.863. The monoisotopic (exact) mass is 800 g/mol. The topological polar surface area (TPSA) is 105 Å². The van der Waals surface area contributed by atoms with E-state index < -0.39 is 20.0 Å². The standard InChI is InChI=1S/C46H91N2O6P/c1-6-8-10-12-14-16-18-20-21-22-23-24-25-26-28-30-32-34-36-38-40-46(50)47-44(43-54-55(51,52)53-42-41-48(3,4)5)45(49)39-37-35-33-31-29-27-19-17-15-13-11-9-7-2/h34,36-37,39,44-45,49H,6-33,35,38,40-43H2,1-5H3,(H-,47,50,51,52)/p+1/b36-34-,39-37+/t44-,45+/m1/s1. The first-order chi connectivity index (χ1) is 26.5. The van der Waals surface area contributed by atoms with Crippen LogP contribution in [0, 0.1) is 0 Å². The molecule has 0 aromatic rings. The zero-order chi connectivity index (χ0) is 40.7. The van der Waals surface area contributed by atoms with Crippen LogP contribution in [0.4, 0.5) is 0 Å². The number of nitrogens with zero attached hydrogens (tertiary/aromatic N) is 1. The van der Waals surface area contributed by atoms with Gasteiger partial charge in [-0.3, -0.25) is 13.8 Å². The number of carbonyl (C=O) groups excluding carboxylic acids is 1. The summed E-state index contributed by atoms with van der Waals surface area (Å²) >= 11 is 0. The highest BCUT2D eigenvalue weighted by molar-refractivity contribution is 7.47. The van der Waals surface area contributed by atoms with Crippen molar-refractivity contribution in [2.45, 2.75) is 225 Å². The number of aliphatic hydroxyl groups is 1. The van der Waals surface area contributed by atoms with Gasteiger partial charge in [-0.2, -0.15) is 0 Å². The van der Waals surface area contributed by atoms with Gasteiger partial charge in [0.15, 0.2) is 0 Å². The fourth-order valence-corrected chi connectivity index (χ4v) is 7.44. The molecular weight excluding hydrogens is 707 g/mol. The van der Waals surface area contributed by atoms with E-state index in [2.05, 4.69) is 31.3 Å². The molecule has 0 aromatic heterocycles. The molecule has 0 aliphatic carbocycles. The molecule has 326 valence electrons. The summed E-state index contributed by atoms with van der Waals surface area (Å²) in [7, 11) is 1.56. The Kier molecular flexibility index (Phi) is 37.8. The van der Waals surface area contributed by atoms with Crippen LogP contribution in [0.1, 0.15) is 213 Å². The zero-order valence-corrected chi connectivity index (χ0v) is 37.8. The minimum atomic E-state index is -4.34. The third kappa shape index (κ3) is 41.0. The van der Waals surface area contributed by atoms with Gasteiger partial charge in [-0.1, -0.05) is 199 Å². The summed E-state index contributed by atoms with van der Waals surface area (Å²) in [4.78, 5) is 23.1. The van der Waals surface area contributed by atoms with Gasteiger partial charge in [-0.15, -0.1) is 0 Å². The highest BCUT2D eigenvalue weighted by Gasteiger charge is 2.27. The van der Waals surface area contributed by atoms with E-state index in [0.29, 0.717) is 17.4 Å². The summed E-state index contributed by atoms with van der Waals surface area (Å²) in [6.07, 6.45) is 45.5. The number of allylic oxidation sites excluding steroid dienone is 3. The first-order valence-electron chi connectivity index (χ1n) is 23.2. The largest absolute Gasteiger partial charge is 0.472 e. The van der Waals surface area contributed by atoms with E-state index in [1.165, 1.54) is 161 Å². The van der Waals surface area contributed by atoms with E-state index in [1.807, 2.05) is 27.2 Å². The number of unbranched alkanes of at least 4 members (excludes halogenated alkanes) is 27. The minimum Gasteiger partial charge on any atom is -0.387 e. The molecule has 3 N–H and O–H groups in total. The number of quaternary nitrogens is 1. The molecule has 0 radical (unpaired) electrons. The van der Waals surface area contributed by atoms with Crippen LogP contribution >= 0.6 is 7.82 Å². The van der Waals surface area contributed by atoms with Crippen molar-refractivity contribution in [2.75, 3.05) is 40.9 Å². The van der Waals surface area contributed by atoms with Crippen LogP contribution < -0.4 is 5.32 Å². The maximum Gasteiger partial charge on any atom is 0.472 e. The maximum absolute atomic E-state index is 12.8. The van der Waals surface area contributed by atoms with Gasteiger partial charge in [0.25, 0.3) is 0 Å². The molecule has 0 aliphatic heterocycles. The molecule has 0 bridgehead atoms. The minimum absolute atomic E-state index is 0.0570. The van der Waals surface area contributed by atoms with Crippen molar-refractivity contribution in [3.05, 3.63) is 24.3 Å². The highest BCUT2D eigenvalue weighted by Crippen LogP contribution is 2.43. The van der Waals surface area contributed by atoms with E-state index in [4.69, 9.17) is 9.05 Å². The summed E-state index contributed by atoms with van der Waals surface area (Å²) in [5, 5.41) is 13.8. The number of hydrogen-bond acceptors (Lipinski definition) is 5. The Bertz CT molecular complexity index is 953. The first-order valence-corrected chi connectivity index (χ1v) is 24.7. The van der Waals surface area contributed by atoms with Crippen LogP contribution in [0.2, 0.25) is 0 Å². The van der Waals surface area contributed by atoms with Gasteiger partial charge in [-0.05, 0) is 32.1 Å². The van der Waals surface area contributed by atoms with Crippen molar-refractivity contribution in [2.24, 2.45) is 0 Å². The second-order valence-electron chi connectivity index (χ2n) is 17.1. The van der Waals surface area contributed by atoms with Crippen LogP contribution in [0.15, 0.2) is 24.3 Å². The van der Waals surface area contributed by atoms with Crippen LogP contribution in [0.3, 0.4) is 0 Å². The van der Waals surface area contributed by atoms with Gasteiger partial charge < -0.3 is 19.8 Å². The molecule has 0 spiro atoms. The van der Waals surface area contributed by atoms with Gasteiger partial charge in [-0.25, -0.2) is 4.57 Å². The number of phosphoric ester groups is 1. The Labute approximate surface area is 341 Å². The fraction of sp³-hybridized carbons (Fsp3) is 0.891. The lowest BCUT2D eigenvalue weighted by molar-refractivity contribution is -0.870. The normalized spacial score (nSPS) is 14.5. The Balaban J connectivity index is 4.37. The number of aliphatic hydroxyl groups excluding tert-OH is 1. The number of rotatable bonds is 42. The first kappa shape index (κ1) is 54.0. The van der Waals surface area contributed by atoms with Gasteiger partial charge in [0.1, 0.15) is 13.2 Å². The Morgan fingerprint density at radius 3 is 1.40 bits per heavy atom. The van der Waals surface area contributed by atoms with E-state index in [-0.39, 0.29) is 25.5 Å². The lowest BCUT2D eigenvalue weighted by Crippen LogP contribution is -2.45. The van der Waals surface area contributed by atoms with E-state index in [9.17, 15) is 19.4 Å². The number of nitrogens with one attached hydrogen (secondary N) is 1. The van der Waals surface area contributed by atoms with E-state index in [1.54, 1.807) is 6.08 Å². The van der Waals surface area contributed by atoms with Crippen molar-refractivity contribution in [1.82, 2.24) is 5.32 Å². The van der Waals surface area contributed by atoms with Crippen molar-refractivity contribution < 1.29 is 32.9 Å². The molecule has 0 saturated carbocycles. The van der Waals surface area contributed by atoms with Crippen LogP contribution in [0.25, 0.3) is 0 Å². The molecule has 8 nitrogen and oxygen atoms in total. The lowest BCUT2D eigenvalue weighted by Gasteiger charge is -2.25. The van der Waals surface area contributed by atoms with Gasteiger partial charge in [0.2, 0.25) is 5.91 Å². The van der Waals surface area contributed by atoms with Crippen LogP contribution in [-0.2, 0) is 18.4 Å².